The van der Waals surface area contributed by atoms with E-state index in [0.29, 0.717) is 0 Å². The molecule has 2 rings (SSSR count). The first kappa shape index (κ1) is 11.8. The Balaban J connectivity index is 2.29. The topological polar surface area (TPSA) is 50.9 Å². The van der Waals surface area contributed by atoms with E-state index in [0.717, 1.165) is 17.5 Å². The number of hydrogen-bond donors (Lipinski definition) is 2. The van der Waals surface area contributed by atoms with Crippen molar-refractivity contribution in [2.45, 2.75) is 19.4 Å². The predicted molar refractivity (Wildman–Crippen MR) is 69.2 cm³/mol. The van der Waals surface area contributed by atoms with Gasteiger partial charge < -0.3 is 0 Å². The second kappa shape index (κ2) is 5.57. The zero-order valence-electron chi connectivity index (χ0n) is 9.93. The summed E-state index contributed by atoms with van der Waals surface area (Å²) in [6.45, 7) is 2.15. The molecule has 0 fully saturated rings. The van der Waals surface area contributed by atoms with Gasteiger partial charge in [0.15, 0.2) is 0 Å². The molecule has 0 radical (unpaired) electrons. The van der Waals surface area contributed by atoms with Gasteiger partial charge in [-0.1, -0.05) is 37.3 Å². The van der Waals surface area contributed by atoms with Gasteiger partial charge in [0.05, 0.1) is 6.04 Å². The lowest BCUT2D eigenvalue weighted by atomic mass is 9.99. The first-order chi connectivity index (χ1) is 8.35. The molecule has 0 amide bonds. The Hall–Kier alpha value is -1.71. The molecular formula is C14H17N3. The lowest BCUT2D eigenvalue weighted by Crippen LogP contribution is -2.28. The first-order valence-corrected chi connectivity index (χ1v) is 5.80. The van der Waals surface area contributed by atoms with E-state index in [1.807, 2.05) is 18.3 Å². The summed E-state index contributed by atoms with van der Waals surface area (Å²) in [4.78, 5) is 4.12. The second-order valence-corrected chi connectivity index (χ2v) is 3.98. The maximum absolute atomic E-state index is 5.63. The number of pyridine rings is 1. The Morgan fingerprint density at radius 3 is 2.47 bits per heavy atom. The molecule has 1 heterocycles. The molecule has 0 spiro atoms. The van der Waals surface area contributed by atoms with E-state index in [-0.39, 0.29) is 6.04 Å². The summed E-state index contributed by atoms with van der Waals surface area (Å²) in [5, 5.41) is 0. The molecule has 0 saturated heterocycles. The van der Waals surface area contributed by atoms with Crippen LogP contribution >= 0.6 is 0 Å². The van der Waals surface area contributed by atoms with Gasteiger partial charge in [-0.25, -0.2) is 5.43 Å². The van der Waals surface area contributed by atoms with Gasteiger partial charge in [-0.05, 0) is 29.2 Å². The molecule has 0 aliphatic rings. The highest BCUT2D eigenvalue weighted by Crippen LogP contribution is 2.20. The summed E-state index contributed by atoms with van der Waals surface area (Å²) in [6.07, 6.45) is 4.64. The number of hydrogen-bond acceptors (Lipinski definition) is 3. The summed E-state index contributed by atoms with van der Waals surface area (Å²) in [5.74, 6) is 5.63. The number of nitrogens with zero attached hydrogens (tertiary/aromatic N) is 1. The monoisotopic (exact) mass is 227 g/mol. The molecule has 1 aromatic carbocycles. The van der Waals surface area contributed by atoms with Gasteiger partial charge in [0.25, 0.3) is 0 Å². The van der Waals surface area contributed by atoms with Crippen LogP contribution in [-0.4, -0.2) is 4.98 Å². The molecule has 0 saturated carbocycles. The number of nitrogens with two attached hydrogens (primary N) is 1. The smallest absolute Gasteiger partial charge is 0.0725 e. The van der Waals surface area contributed by atoms with Crippen LogP contribution in [0.4, 0.5) is 0 Å². The minimum atomic E-state index is -0.00499. The average molecular weight is 227 g/mol. The molecule has 3 heteroatoms. The molecule has 88 valence electrons. The van der Waals surface area contributed by atoms with Gasteiger partial charge in [0.1, 0.15) is 0 Å². The molecule has 0 aliphatic heterocycles. The molecule has 1 unspecified atom stereocenters. The van der Waals surface area contributed by atoms with Crippen LogP contribution in [0, 0.1) is 0 Å². The Morgan fingerprint density at radius 1 is 1.18 bits per heavy atom. The third kappa shape index (κ3) is 2.70. The molecular weight excluding hydrogens is 210 g/mol. The quantitative estimate of drug-likeness (QED) is 0.622. The van der Waals surface area contributed by atoms with Gasteiger partial charge in [0.2, 0.25) is 0 Å². The van der Waals surface area contributed by atoms with Gasteiger partial charge in [-0.15, -0.1) is 0 Å². The number of nitrogens with one attached hydrogen (secondary N) is 1. The van der Waals surface area contributed by atoms with Crippen molar-refractivity contribution in [3.8, 4) is 0 Å². The van der Waals surface area contributed by atoms with Crippen molar-refractivity contribution < 1.29 is 0 Å². The first-order valence-electron chi connectivity index (χ1n) is 5.80. The van der Waals surface area contributed by atoms with Crippen molar-refractivity contribution in [1.29, 1.82) is 0 Å². The van der Waals surface area contributed by atoms with Crippen molar-refractivity contribution in [3.05, 3.63) is 65.5 Å². The number of aromatic nitrogens is 1. The third-order valence-corrected chi connectivity index (χ3v) is 2.91. The number of benzene rings is 1. The van der Waals surface area contributed by atoms with Crippen molar-refractivity contribution in [3.63, 3.8) is 0 Å². The Morgan fingerprint density at radius 2 is 1.94 bits per heavy atom. The van der Waals surface area contributed by atoms with E-state index in [1.165, 1.54) is 5.56 Å². The number of aryl methyl sites for hydroxylation is 1. The Bertz CT molecular complexity index is 451. The second-order valence-electron chi connectivity index (χ2n) is 3.98. The molecule has 17 heavy (non-hydrogen) atoms. The fourth-order valence-corrected chi connectivity index (χ4v) is 1.88. The highest BCUT2D eigenvalue weighted by atomic mass is 15.2. The van der Waals surface area contributed by atoms with Gasteiger partial charge in [-0.3, -0.25) is 10.8 Å². The van der Waals surface area contributed by atoms with Crippen molar-refractivity contribution in [2.24, 2.45) is 5.84 Å². The van der Waals surface area contributed by atoms with Crippen LogP contribution in [0.5, 0.6) is 0 Å². The van der Waals surface area contributed by atoms with E-state index >= 15 is 0 Å². The van der Waals surface area contributed by atoms with Crippen LogP contribution in [0.3, 0.4) is 0 Å². The van der Waals surface area contributed by atoms with Crippen LogP contribution in [0.25, 0.3) is 0 Å². The third-order valence-electron chi connectivity index (χ3n) is 2.91. The fourth-order valence-electron chi connectivity index (χ4n) is 1.88. The van der Waals surface area contributed by atoms with Crippen LogP contribution in [0.2, 0.25) is 0 Å². The summed E-state index contributed by atoms with van der Waals surface area (Å²) >= 11 is 0. The minimum absolute atomic E-state index is 0.00499. The average Bonchev–Trinajstić information content (AvgIpc) is 2.42. The van der Waals surface area contributed by atoms with Crippen LogP contribution < -0.4 is 11.3 Å². The minimum Gasteiger partial charge on any atom is -0.271 e. The molecule has 0 aliphatic carbocycles. The van der Waals surface area contributed by atoms with Crippen molar-refractivity contribution in [2.75, 3.05) is 0 Å². The predicted octanol–water partition coefficient (Wildman–Crippen LogP) is 2.20. The van der Waals surface area contributed by atoms with Crippen LogP contribution in [0.1, 0.15) is 29.7 Å². The largest absolute Gasteiger partial charge is 0.271 e. The standard InChI is InChI=1S/C14H17N3/c1-2-11-5-7-12(8-6-11)14(17-15)13-4-3-9-16-10-13/h3-10,14,17H,2,15H2,1H3. The van der Waals surface area contributed by atoms with E-state index in [2.05, 4.69) is 41.6 Å². The maximum Gasteiger partial charge on any atom is 0.0725 e. The summed E-state index contributed by atoms with van der Waals surface area (Å²) in [7, 11) is 0. The van der Waals surface area contributed by atoms with E-state index in [9.17, 15) is 0 Å². The molecule has 0 bridgehead atoms. The van der Waals surface area contributed by atoms with E-state index in [1.54, 1.807) is 6.20 Å². The molecule has 1 atom stereocenters. The van der Waals surface area contributed by atoms with Crippen molar-refractivity contribution in [1.82, 2.24) is 10.4 Å². The zero-order chi connectivity index (χ0) is 12.1. The SMILES string of the molecule is CCc1ccc(C(NN)c2cccnc2)cc1. The van der Waals surface area contributed by atoms with Crippen LogP contribution in [0.15, 0.2) is 48.8 Å². The Kier molecular flexibility index (Phi) is 3.85. The van der Waals surface area contributed by atoms with Gasteiger partial charge >= 0.3 is 0 Å². The normalized spacial score (nSPS) is 12.4. The maximum atomic E-state index is 5.63. The lowest BCUT2D eigenvalue weighted by molar-refractivity contribution is 0.634. The summed E-state index contributed by atoms with van der Waals surface area (Å²) in [5.41, 5.74) is 6.38. The van der Waals surface area contributed by atoms with E-state index < -0.39 is 0 Å². The Labute approximate surface area is 102 Å². The molecule has 1 aromatic heterocycles. The molecule has 3 N–H and O–H groups in total. The summed E-state index contributed by atoms with van der Waals surface area (Å²) < 4.78 is 0. The highest BCUT2D eigenvalue weighted by Gasteiger charge is 2.11. The van der Waals surface area contributed by atoms with E-state index in [4.69, 9.17) is 5.84 Å². The summed E-state index contributed by atoms with van der Waals surface area (Å²) in [6, 6.07) is 12.4. The highest BCUT2D eigenvalue weighted by molar-refractivity contribution is 5.32. The number of hydrazine groups is 1. The number of rotatable bonds is 4. The van der Waals surface area contributed by atoms with Gasteiger partial charge in [0, 0.05) is 12.4 Å². The van der Waals surface area contributed by atoms with Crippen LogP contribution in [-0.2, 0) is 6.42 Å². The van der Waals surface area contributed by atoms with Crippen molar-refractivity contribution >= 4 is 0 Å². The van der Waals surface area contributed by atoms with Gasteiger partial charge in [-0.2, -0.15) is 0 Å². The lowest BCUT2D eigenvalue weighted by Gasteiger charge is -2.16. The zero-order valence-corrected chi connectivity index (χ0v) is 9.93. The molecule has 2 aromatic rings. The fraction of sp³-hybridized carbons (Fsp3) is 0.214. The molecule has 3 nitrogen and oxygen atoms in total.